The molecule has 2 aliphatic heterocycles. The van der Waals surface area contributed by atoms with Gasteiger partial charge in [0, 0.05) is 58.0 Å². The van der Waals surface area contributed by atoms with Gasteiger partial charge in [-0.1, -0.05) is 6.07 Å². The van der Waals surface area contributed by atoms with Crippen LogP contribution in [-0.2, 0) is 17.8 Å². The predicted molar refractivity (Wildman–Crippen MR) is 131 cm³/mol. The minimum atomic E-state index is -0.152. The summed E-state index contributed by atoms with van der Waals surface area (Å²) >= 11 is 0. The molecule has 1 unspecified atom stereocenters. The normalized spacial score (nSPS) is 21.0. The molecule has 170 valence electrons. The summed E-state index contributed by atoms with van der Waals surface area (Å²) in [6.45, 7) is 6.48. The van der Waals surface area contributed by atoms with Crippen molar-refractivity contribution in [2.75, 3.05) is 54.0 Å². The van der Waals surface area contributed by atoms with Gasteiger partial charge in [0.2, 0.25) is 0 Å². The zero-order chi connectivity index (χ0) is 20.6. The summed E-state index contributed by atoms with van der Waals surface area (Å²) in [5, 5.41) is 6.93. The zero-order valence-electron chi connectivity index (χ0n) is 18.5. The number of ether oxygens (including phenoxy) is 1. The van der Waals surface area contributed by atoms with E-state index in [0.29, 0.717) is 25.0 Å². The standard InChI is InChI=1S/C22H36FN5O.HI/c1-24-22(25-13-17-4-5-21(23)19(12-17)15-27(2)3)26-20-6-9-28(10-7-20)14-18-8-11-29-16-18;/h4-5,12,18,20H,6-11,13-16H2,1-3H3,(H2,24,25,26);1H. The molecule has 0 aliphatic carbocycles. The number of hydrogen-bond donors (Lipinski definition) is 2. The first-order chi connectivity index (χ1) is 14.0. The number of halogens is 2. The van der Waals surface area contributed by atoms with Gasteiger partial charge >= 0.3 is 0 Å². The largest absolute Gasteiger partial charge is 0.381 e. The number of guanidine groups is 1. The Labute approximate surface area is 197 Å². The smallest absolute Gasteiger partial charge is 0.191 e. The fourth-order valence-corrected chi connectivity index (χ4v) is 4.13. The fourth-order valence-electron chi connectivity index (χ4n) is 4.13. The van der Waals surface area contributed by atoms with Crippen LogP contribution in [0.15, 0.2) is 23.2 Å². The van der Waals surface area contributed by atoms with Gasteiger partial charge < -0.3 is 25.2 Å². The Morgan fingerprint density at radius 2 is 2.03 bits per heavy atom. The number of likely N-dealkylation sites (tertiary alicyclic amines) is 1. The molecule has 1 aromatic carbocycles. The van der Waals surface area contributed by atoms with Crippen LogP contribution in [0.3, 0.4) is 0 Å². The Morgan fingerprint density at radius 3 is 2.67 bits per heavy atom. The van der Waals surface area contributed by atoms with E-state index in [1.165, 1.54) is 13.0 Å². The average molecular weight is 533 g/mol. The van der Waals surface area contributed by atoms with Gasteiger partial charge in [0.1, 0.15) is 5.82 Å². The molecule has 0 radical (unpaired) electrons. The van der Waals surface area contributed by atoms with E-state index < -0.39 is 0 Å². The highest BCUT2D eigenvalue weighted by Gasteiger charge is 2.24. The highest BCUT2D eigenvalue weighted by Crippen LogP contribution is 2.18. The Bertz CT molecular complexity index is 673. The van der Waals surface area contributed by atoms with Crippen LogP contribution in [-0.4, -0.2) is 75.8 Å². The number of rotatable bonds is 7. The summed E-state index contributed by atoms with van der Waals surface area (Å²) in [7, 11) is 5.69. The maximum atomic E-state index is 14.0. The fraction of sp³-hybridized carbons (Fsp3) is 0.682. The lowest BCUT2D eigenvalue weighted by molar-refractivity contribution is 0.150. The molecule has 2 saturated heterocycles. The summed E-state index contributed by atoms with van der Waals surface area (Å²) in [5.41, 5.74) is 1.78. The first kappa shape index (κ1) is 25.3. The van der Waals surface area contributed by atoms with E-state index in [1.54, 1.807) is 13.1 Å². The molecule has 8 heteroatoms. The van der Waals surface area contributed by atoms with Gasteiger partial charge in [-0.25, -0.2) is 4.39 Å². The van der Waals surface area contributed by atoms with E-state index in [1.807, 2.05) is 31.1 Å². The van der Waals surface area contributed by atoms with E-state index in [-0.39, 0.29) is 29.8 Å². The van der Waals surface area contributed by atoms with Crippen molar-refractivity contribution < 1.29 is 9.13 Å². The summed E-state index contributed by atoms with van der Waals surface area (Å²) in [6.07, 6.45) is 3.45. The lowest BCUT2D eigenvalue weighted by atomic mass is 10.0. The Morgan fingerprint density at radius 1 is 1.27 bits per heavy atom. The van der Waals surface area contributed by atoms with Crippen molar-refractivity contribution in [3.63, 3.8) is 0 Å². The highest BCUT2D eigenvalue weighted by molar-refractivity contribution is 14.0. The second-order valence-electron chi connectivity index (χ2n) is 8.54. The Balaban J connectivity index is 0.00000320. The molecule has 0 amide bonds. The molecule has 2 aliphatic rings. The zero-order valence-corrected chi connectivity index (χ0v) is 20.8. The molecule has 1 atom stereocenters. The van der Waals surface area contributed by atoms with Crippen molar-refractivity contribution in [2.24, 2.45) is 10.9 Å². The third kappa shape index (κ3) is 7.94. The van der Waals surface area contributed by atoms with Gasteiger partial charge in [-0.15, -0.1) is 24.0 Å². The maximum absolute atomic E-state index is 14.0. The van der Waals surface area contributed by atoms with Crippen LogP contribution in [0.4, 0.5) is 4.39 Å². The van der Waals surface area contributed by atoms with Crippen LogP contribution in [0.25, 0.3) is 0 Å². The van der Waals surface area contributed by atoms with Crippen molar-refractivity contribution in [3.8, 4) is 0 Å². The van der Waals surface area contributed by atoms with Crippen LogP contribution in [0.1, 0.15) is 30.4 Å². The van der Waals surface area contributed by atoms with Crippen molar-refractivity contribution >= 4 is 29.9 Å². The van der Waals surface area contributed by atoms with Gasteiger partial charge in [-0.05, 0) is 57.0 Å². The lowest BCUT2D eigenvalue weighted by Gasteiger charge is -2.34. The van der Waals surface area contributed by atoms with Crippen molar-refractivity contribution in [1.29, 1.82) is 0 Å². The van der Waals surface area contributed by atoms with Gasteiger partial charge in [0.25, 0.3) is 0 Å². The third-order valence-corrected chi connectivity index (χ3v) is 5.75. The molecular formula is C22H37FIN5O. The average Bonchev–Trinajstić information content (AvgIpc) is 3.21. The number of nitrogens with zero attached hydrogens (tertiary/aromatic N) is 3. The second kappa shape index (κ2) is 12.8. The van der Waals surface area contributed by atoms with Gasteiger partial charge in [0.15, 0.2) is 5.96 Å². The summed E-state index contributed by atoms with van der Waals surface area (Å²) < 4.78 is 19.5. The quantitative estimate of drug-likeness (QED) is 0.321. The molecule has 6 nitrogen and oxygen atoms in total. The third-order valence-electron chi connectivity index (χ3n) is 5.75. The monoisotopic (exact) mass is 533 g/mol. The van der Waals surface area contributed by atoms with Gasteiger partial charge in [0.05, 0.1) is 6.61 Å². The lowest BCUT2D eigenvalue weighted by Crippen LogP contribution is -2.49. The highest BCUT2D eigenvalue weighted by atomic mass is 127. The van der Waals surface area contributed by atoms with Crippen LogP contribution in [0.2, 0.25) is 0 Å². The molecule has 2 N–H and O–H groups in total. The van der Waals surface area contributed by atoms with Crippen LogP contribution >= 0.6 is 24.0 Å². The maximum Gasteiger partial charge on any atom is 0.191 e. The first-order valence-electron chi connectivity index (χ1n) is 10.7. The first-order valence-corrected chi connectivity index (χ1v) is 10.7. The SMILES string of the molecule is CN=C(NCc1ccc(F)c(CN(C)C)c1)NC1CCN(CC2CCOC2)CC1.I. The minimum Gasteiger partial charge on any atom is -0.381 e. The molecule has 0 aromatic heterocycles. The van der Waals surface area contributed by atoms with E-state index in [9.17, 15) is 4.39 Å². The van der Waals surface area contributed by atoms with Crippen LogP contribution in [0, 0.1) is 11.7 Å². The number of benzene rings is 1. The molecule has 0 saturated carbocycles. The Hall–Kier alpha value is -0.970. The second-order valence-corrected chi connectivity index (χ2v) is 8.54. The topological polar surface area (TPSA) is 52.1 Å². The number of aliphatic imine (C=N–C) groups is 1. The van der Waals surface area contributed by atoms with E-state index in [2.05, 4.69) is 20.5 Å². The molecule has 2 fully saturated rings. The van der Waals surface area contributed by atoms with Crippen molar-refractivity contribution in [2.45, 2.75) is 38.4 Å². The van der Waals surface area contributed by atoms with E-state index >= 15 is 0 Å². The van der Waals surface area contributed by atoms with Crippen molar-refractivity contribution in [3.05, 3.63) is 35.1 Å². The predicted octanol–water partition coefficient (Wildman–Crippen LogP) is 2.67. The summed E-state index contributed by atoms with van der Waals surface area (Å²) in [6, 6.07) is 5.76. The molecular weight excluding hydrogens is 496 g/mol. The molecule has 0 spiro atoms. The minimum absolute atomic E-state index is 0. The van der Waals surface area contributed by atoms with Crippen LogP contribution < -0.4 is 10.6 Å². The van der Waals surface area contributed by atoms with E-state index in [0.717, 1.165) is 56.2 Å². The molecule has 2 heterocycles. The van der Waals surface area contributed by atoms with Crippen LogP contribution in [0.5, 0.6) is 0 Å². The molecule has 3 rings (SSSR count). The van der Waals surface area contributed by atoms with E-state index in [4.69, 9.17) is 4.74 Å². The van der Waals surface area contributed by atoms with Crippen molar-refractivity contribution in [1.82, 2.24) is 20.4 Å². The summed E-state index contributed by atoms with van der Waals surface area (Å²) in [4.78, 5) is 8.91. The molecule has 1 aromatic rings. The number of hydrogen-bond acceptors (Lipinski definition) is 4. The molecule has 30 heavy (non-hydrogen) atoms. The Kier molecular flexibility index (Phi) is 10.8. The summed E-state index contributed by atoms with van der Waals surface area (Å²) in [5.74, 6) is 1.37. The van der Waals surface area contributed by atoms with Gasteiger partial charge in [-0.2, -0.15) is 0 Å². The number of piperidine rings is 1. The van der Waals surface area contributed by atoms with Gasteiger partial charge in [-0.3, -0.25) is 4.99 Å². The number of nitrogens with one attached hydrogen (secondary N) is 2. The molecule has 0 bridgehead atoms.